The number of para-hydroxylation sites is 2. The standard InChI is InChI=1S/C22H28N2O5/c1-4-5-15-29-21(25)17-10-6-7-11-18(17)24-22(26)23-14-13-16-9-8-12-19(27-2)20(16)28-3/h6-12H,4-5,13-15H2,1-3H3,(H2,23,24,26). The molecule has 0 heterocycles. The third-order valence-corrected chi connectivity index (χ3v) is 4.29. The molecular weight excluding hydrogens is 372 g/mol. The summed E-state index contributed by atoms with van der Waals surface area (Å²) in [6.07, 6.45) is 2.30. The molecule has 0 radical (unpaired) electrons. The number of esters is 1. The molecule has 2 aromatic rings. The van der Waals surface area contributed by atoms with Crippen LogP contribution in [0.1, 0.15) is 35.7 Å². The summed E-state index contributed by atoms with van der Waals surface area (Å²) in [6, 6.07) is 12.0. The lowest BCUT2D eigenvalue weighted by atomic mass is 10.1. The van der Waals surface area contributed by atoms with E-state index in [4.69, 9.17) is 14.2 Å². The van der Waals surface area contributed by atoms with Crippen molar-refractivity contribution in [2.75, 3.05) is 32.7 Å². The number of hydrogen-bond donors (Lipinski definition) is 2. The number of nitrogens with one attached hydrogen (secondary N) is 2. The minimum atomic E-state index is -0.449. The highest BCUT2D eigenvalue weighted by Gasteiger charge is 2.14. The Morgan fingerprint density at radius 1 is 1.00 bits per heavy atom. The average molecular weight is 400 g/mol. The molecule has 2 amide bonds. The predicted molar refractivity (Wildman–Crippen MR) is 112 cm³/mol. The lowest BCUT2D eigenvalue weighted by molar-refractivity contribution is 0.0501. The number of urea groups is 1. The molecule has 2 N–H and O–H groups in total. The van der Waals surface area contributed by atoms with Gasteiger partial charge in [-0.25, -0.2) is 9.59 Å². The quantitative estimate of drug-likeness (QED) is 0.465. The molecule has 2 aromatic carbocycles. The topological polar surface area (TPSA) is 85.9 Å². The van der Waals surface area contributed by atoms with Crippen LogP contribution in [0.15, 0.2) is 42.5 Å². The number of benzene rings is 2. The van der Waals surface area contributed by atoms with Crippen molar-refractivity contribution in [2.24, 2.45) is 0 Å². The highest BCUT2D eigenvalue weighted by atomic mass is 16.5. The van der Waals surface area contributed by atoms with Gasteiger partial charge in [-0.1, -0.05) is 37.6 Å². The highest BCUT2D eigenvalue weighted by molar-refractivity contribution is 6.00. The fourth-order valence-corrected chi connectivity index (χ4v) is 2.78. The van der Waals surface area contributed by atoms with E-state index in [2.05, 4.69) is 10.6 Å². The largest absolute Gasteiger partial charge is 0.493 e. The van der Waals surface area contributed by atoms with E-state index in [0.29, 0.717) is 42.3 Å². The Bertz CT molecular complexity index is 823. The number of carbonyl (C=O) groups is 2. The Hall–Kier alpha value is -3.22. The van der Waals surface area contributed by atoms with Crippen LogP contribution in [0, 0.1) is 0 Å². The van der Waals surface area contributed by atoms with Crippen molar-refractivity contribution < 1.29 is 23.8 Å². The summed E-state index contributed by atoms with van der Waals surface area (Å²) >= 11 is 0. The van der Waals surface area contributed by atoms with Gasteiger partial charge in [-0.3, -0.25) is 0 Å². The first kappa shape index (κ1) is 22.1. The van der Waals surface area contributed by atoms with Crippen molar-refractivity contribution in [2.45, 2.75) is 26.2 Å². The number of rotatable bonds is 10. The average Bonchev–Trinajstić information content (AvgIpc) is 2.73. The summed E-state index contributed by atoms with van der Waals surface area (Å²) in [5.41, 5.74) is 1.66. The van der Waals surface area contributed by atoms with E-state index in [1.165, 1.54) is 0 Å². The van der Waals surface area contributed by atoms with Gasteiger partial charge in [0.15, 0.2) is 11.5 Å². The van der Waals surface area contributed by atoms with E-state index < -0.39 is 12.0 Å². The zero-order valence-corrected chi connectivity index (χ0v) is 17.1. The third kappa shape index (κ3) is 6.41. The van der Waals surface area contributed by atoms with Crippen molar-refractivity contribution in [1.29, 1.82) is 0 Å². The SMILES string of the molecule is CCCCOC(=O)c1ccccc1NC(=O)NCCc1cccc(OC)c1OC. The number of hydrogen-bond acceptors (Lipinski definition) is 5. The van der Waals surface area contributed by atoms with Crippen LogP contribution in [0.3, 0.4) is 0 Å². The fourth-order valence-electron chi connectivity index (χ4n) is 2.78. The van der Waals surface area contributed by atoms with Gasteiger partial charge in [-0.2, -0.15) is 0 Å². The van der Waals surface area contributed by atoms with E-state index in [9.17, 15) is 9.59 Å². The van der Waals surface area contributed by atoms with Crippen molar-refractivity contribution in [3.05, 3.63) is 53.6 Å². The van der Waals surface area contributed by atoms with Gasteiger partial charge < -0.3 is 24.8 Å². The summed E-state index contributed by atoms with van der Waals surface area (Å²) < 4.78 is 15.9. The van der Waals surface area contributed by atoms with Crippen LogP contribution in [-0.2, 0) is 11.2 Å². The molecule has 0 aliphatic rings. The fraction of sp³-hybridized carbons (Fsp3) is 0.364. The van der Waals surface area contributed by atoms with Crippen LogP contribution in [0.4, 0.5) is 10.5 Å². The van der Waals surface area contributed by atoms with Crippen LogP contribution in [0.25, 0.3) is 0 Å². The lowest BCUT2D eigenvalue weighted by Gasteiger charge is -2.14. The normalized spacial score (nSPS) is 10.2. The molecule has 7 heteroatoms. The van der Waals surface area contributed by atoms with Gasteiger partial charge in [0, 0.05) is 6.54 Å². The number of unbranched alkanes of at least 4 members (excludes halogenated alkanes) is 1. The zero-order valence-electron chi connectivity index (χ0n) is 17.1. The smallest absolute Gasteiger partial charge is 0.340 e. The van der Waals surface area contributed by atoms with E-state index in [0.717, 1.165) is 18.4 Å². The molecule has 0 atom stereocenters. The number of methoxy groups -OCH3 is 2. The number of carbonyl (C=O) groups excluding carboxylic acids is 2. The van der Waals surface area contributed by atoms with Crippen LogP contribution in [0.2, 0.25) is 0 Å². The van der Waals surface area contributed by atoms with Crippen LogP contribution in [0.5, 0.6) is 11.5 Å². The third-order valence-electron chi connectivity index (χ3n) is 4.29. The minimum Gasteiger partial charge on any atom is -0.493 e. The van der Waals surface area contributed by atoms with E-state index in [-0.39, 0.29) is 0 Å². The van der Waals surface area contributed by atoms with Gasteiger partial charge in [-0.05, 0) is 36.6 Å². The molecule has 2 rings (SSSR count). The molecule has 0 bridgehead atoms. The molecule has 0 aliphatic heterocycles. The maximum Gasteiger partial charge on any atom is 0.340 e. The number of amides is 2. The zero-order chi connectivity index (χ0) is 21.1. The van der Waals surface area contributed by atoms with Gasteiger partial charge in [-0.15, -0.1) is 0 Å². The summed E-state index contributed by atoms with van der Waals surface area (Å²) in [6.45, 7) is 2.77. The molecule has 0 fully saturated rings. The van der Waals surface area contributed by atoms with Crippen molar-refractivity contribution >= 4 is 17.7 Å². The lowest BCUT2D eigenvalue weighted by Crippen LogP contribution is -2.31. The van der Waals surface area contributed by atoms with E-state index >= 15 is 0 Å². The summed E-state index contributed by atoms with van der Waals surface area (Å²) in [7, 11) is 3.16. The van der Waals surface area contributed by atoms with Gasteiger partial charge in [0.05, 0.1) is 32.1 Å². The number of anilines is 1. The Morgan fingerprint density at radius 2 is 1.79 bits per heavy atom. The second-order valence-electron chi connectivity index (χ2n) is 6.32. The summed E-state index contributed by atoms with van der Waals surface area (Å²) in [5, 5.41) is 5.50. The summed E-state index contributed by atoms with van der Waals surface area (Å²) in [4.78, 5) is 24.5. The second-order valence-corrected chi connectivity index (χ2v) is 6.32. The Morgan fingerprint density at radius 3 is 2.52 bits per heavy atom. The first-order valence-corrected chi connectivity index (χ1v) is 9.61. The minimum absolute atomic E-state index is 0.327. The molecule has 7 nitrogen and oxygen atoms in total. The van der Waals surface area contributed by atoms with Gasteiger partial charge in [0.2, 0.25) is 0 Å². The molecular formula is C22H28N2O5. The Labute approximate surface area is 171 Å². The van der Waals surface area contributed by atoms with Gasteiger partial charge >= 0.3 is 12.0 Å². The second kappa shape index (κ2) is 11.6. The monoisotopic (exact) mass is 400 g/mol. The molecule has 156 valence electrons. The van der Waals surface area contributed by atoms with Crippen molar-refractivity contribution in [3.8, 4) is 11.5 Å². The van der Waals surface area contributed by atoms with E-state index in [1.807, 2.05) is 25.1 Å². The molecule has 0 spiro atoms. The highest BCUT2D eigenvalue weighted by Crippen LogP contribution is 2.30. The molecule has 0 saturated heterocycles. The van der Waals surface area contributed by atoms with Crippen LogP contribution in [-0.4, -0.2) is 39.4 Å². The van der Waals surface area contributed by atoms with E-state index in [1.54, 1.807) is 38.5 Å². The van der Waals surface area contributed by atoms with Crippen molar-refractivity contribution in [1.82, 2.24) is 5.32 Å². The number of ether oxygens (including phenoxy) is 3. The first-order chi connectivity index (χ1) is 14.1. The first-order valence-electron chi connectivity index (χ1n) is 9.61. The maximum absolute atomic E-state index is 12.3. The van der Waals surface area contributed by atoms with Gasteiger partial charge in [0.25, 0.3) is 0 Å². The molecule has 0 unspecified atom stereocenters. The predicted octanol–water partition coefficient (Wildman–Crippen LogP) is 4.02. The molecule has 0 aliphatic carbocycles. The summed E-state index contributed by atoms with van der Waals surface area (Å²) in [5.74, 6) is 0.845. The van der Waals surface area contributed by atoms with Crippen LogP contribution >= 0.6 is 0 Å². The van der Waals surface area contributed by atoms with Crippen molar-refractivity contribution in [3.63, 3.8) is 0 Å². The Balaban J connectivity index is 1.93. The maximum atomic E-state index is 12.3. The molecule has 0 saturated carbocycles. The van der Waals surface area contributed by atoms with Gasteiger partial charge in [0.1, 0.15) is 0 Å². The molecule has 29 heavy (non-hydrogen) atoms. The Kier molecular flexibility index (Phi) is 8.82. The molecule has 0 aromatic heterocycles. The van der Waals surface area contributed by atoms with Crippen LogP contribution < -0.4 is 20.1 Å².